The van der Waals surface area contributed by atoms with E-state index >= 15 is 0 Å². The van der Waals surface area contributed by atoms with Gasteiger partial charge >= 0.3 is 6.18 Å². The van der Waals surface area contributed by atoms with Crippen LogP contribution in [0, 0.1) is 13.8 Å². The number of rotatable bonds is 4. The molecule has 0 aliphatic heterocycles. The summed E-state index contributed by atoms with van der Waals surface area (Å²) in [4.78, 5) is 0.0250. The van der Waals surface area contributed by atoms with Crippen molar-refractivity contribution in [2.24, 2.45) is 7.05 Å². The summed E-state index contributed by atoms with van der Waals surface area (Å²) in [5, 5.41) is 4.05. The summed E-state index contributed by atoms with van der Waals surface area (Å²) in [6.45, 7) is 2.77. The largest absolute Gasteiger partial charge is 0.416 e. The number of hydrogen-bond donors (Lipinski definition) is 0. The van der Waals surface area contributed by atoms with Crippen LogP contribution < -0.4 is 0 Å². The second-order valence-electron chi connectivity index (χ2n) is 5.54. The number of benzene rings is 1. The van der Waals surface area contributed by atoms with Gasteiger partial charge in [0.15, 0.2) is 0 Å². The lowest BCUT2D eigenvalue weighted by atomic mass is 10.1. The molecule has 0 aliphatic carbocycles. The average molecular weight is 361 g/mol. The molecule has 24 heavy (non-hydrogen) atoms. The zero-order valence-electron chi connectivity index (χ0n) is 13.7. The van der Waals surface area contributed by atoms with Gasteiger partial charge in [-0.25, -0.2) is 8.42 Å². The van der Waals surface area contributed by atoms with E-state index < -0.39 is 21.8 Å². The Balaban J connectivity index is 2.42. The molecule has 0 aliphatic rings. The summed E-state index contributed by atoms with van der Waals surface area (Å²) < 4.78 is 67.0. The Kier molecular flexibility index (Phi) is 4.78. The van der Waals surface area contributed by atoms with Crippen molar-refractivity contribution < 1.29 is 21.6 Å². The zero-order valence-corrected chi connectivity index (χ0v) is 14.5. The number of aromatic nitrogens is 2. The highest BCUT2D eigenvalue weighted by Gasteiger charge is 2.35. The molecule has 1 aromatic carbocycles. The molecule has 0 saturated heterocycles. The van der Waals surface area contributed by atoms with E-state index in [2.05, 4.69) is 5.10 Å². The number of hydrogen-bond acceptors (Lipinski definition) is 3. The van der Waals surface area contributed by atoms with Crippen molar-refractivity contribution in [2.45, 2.75) is 31.5 Å². The van der Waals surface area contributed by atoms with Gasteiger partial charge in [-0.3, -0.25) is 4.68 Å². The van der Waals surface area contributed by atoms with Gasteiger partial charge < -0.3 is 0 Å². The molecule has 2 rings (SSSR count). The first kappa shape index (κ1) is 18.5. The van der Waals surface area contributed by atoms with Gasteiger partial charge in [-0.1, -0.05) is 18.2 Å². The summed E-state index contributed by atoms with van der Waals surface area (Å²) in [5.74, 6) is 0. The summed E-state index contributed by atoms with van der Waals surface area (Å²) >= 11 is 0. The first-order valence-electron chi connectivity index (χ1n) is 7.08. The Morgan fingerprint density at radius 1 is 1.21 bits per heavy atom. The Labute approximate surface area is 138 Å². The number of aryl methyl sites for hydroxylation is 2. The number of sulfonamides is 1. The lowest BCUT2D eigenvalue weighted by Crippen LogP contribution is -2.28. The van der Waals surface area contributed by atoms with Crippen LogP contribution in [0.3, 0.4) is 0 Å². The molecule has 0 radical (unpaired) electrons. The summed E-state index contributed by atoms with van der Waals surface area (Å²) in [6.07, 6.45) is -4.54. The van der Waals surface area contributed by atoms with Crippen LogP contribution in [0.2, 0.25) is 0 Å². The summed E-state index contributed by atoms with van der Waals surface area (Å²) in [5.41, 5.74) is -0.198. The third-order valence-corrected chi connectivity index (χ3v) is 5.88. The molecule has 1 aromatic heterocycles. The van der Waals surface area contributed by atoms with Crippen LogP contribution >= 0.6 is 0 Å². The van der Waals surface area contributed by atoms with Crippen LogP contribution in [-0.2, 0) is 29.8 Å². The molecule has 2 aromatic rings. The molecular weight excluding hydrogens is 343 g/mol. The highest BCUT2D eigenvalue weighted by molar-refractivity contribution is 7.89. The maximum atomic E-state index is 13.1. The molecule has 1 heterocycles. The highest BCUT2D eigenvalue weighted by atomic mass is 32.2. The average Bonchev–Trinajstić information content (AvgIpc) is 2.71. The van der Waals surface area contributed by atoms with E-state index in [-0.39, 0.29) is 17.0 Å². The molecule has 0 amide bonds. The molecule has 5 nitrogen and oxygen atoms in total. The molecule has 9 heteroatoms. The van der Waals surface area contributed by atoms with Crippen LogP contribution in [-0.4, -0.2) is 29.6 Å². The standard InChI is InChI=1S/C15H18F3N3O2S/c1-10-14(11(2)21(4)19-10)24(22,23)20(3)9-12-7-5-6-8-13(12)15(16,17)18/h5-8H,9H2,1-4H3. The fraction of sp³-hybridized carbons (Fsp3) is 0.400. The summed E-state index contributed by atoms with van der Waals surface area (Å²) in [7, 11) is -1.09. The maximum Gasteiger partial charge on any atom is 0.416 e. The van der Waals surface area contributed by atoms with Crippen LogP contribution in [0.5, 0.6) is 0 Å². The van der Waals surface area contributed by atoms with E-state index in [1.165, 1.54) is 29.9 Å². The third kappa shape index (κ3) is 3.32. The molecule has 0 unspecified atom stereocenters. The van der Waals surface area contributed by atoms with Crippen molar-refractivity contribution >= 4 is 10.0 Å². The van der Waals surface area contributed by atoms with E-state index in [4.69, 9.17) is 0 Å². The molecule has 0 N–H and O–H groups in total. The zero-order chi connectivity index (χ0) is 18.3. The second kappa shape index (κ2) is 6.21. The van der Waals surface area contributed by atoms with E-state index in [1.807, 2.05) is 0 Å². The van der Waals surface area contributed by atoms with Gasteiger partial charge in [-0.15, -0.1) is 0 Å². The van der Waals surface area contributed by atoms with Crippen LogP contribution in [0.4, 0.5) is 13.2 Å². The van der Waals surface area contributed by atoms with Gasteiger partial charge in [0.25, 0.3) is 0 Å². The van der Waals surface area contributed by atoms with Crippen molar-refractivity contribution in [2.75, 3.05) is 7.05 Å². The van der Waals surface area contributed by atoms with Gasteiger partial charge in [0.2, 0.25) is 10.0 Å². The molecular formula is C15H18F3N3O2S. The van der Waals surface area contributed by atoms with Crippen molar-refractivity contribution in [1.82, 2.24) is 14.1 Å². The van der Waals surface area contributed by atoms with Crippen LogP contribution in [0.1, 0.15) is 22.5 Å². The maximum absolute atomic E-state index is 13.1. The minimum Gasteiger partial charge on any atom is -0.271 e. The second-order valence-corrected chi connectivity index (χ2v) is 7.52. The van der Waals surface area contributed by atoms with E-state index in [0.717, 1.165) is 10.4 Å². The van der Waals surface area contributed by atoms with Gasteiger partial charge in [0.1, 0.15) is 4.90 Å². The van der Waals surface area contributed by atoms with E-state index in [0.29, 0.717) is 11.4 Å². The highest BCUT2D eigenvalue weighted by Crippen LogP contribution is 2.33. The fourth-order valence-electron chi connectivity index (χ4n) is 2.54. The number of halogens is 3. The Hall–Kier alpha value is -1.87. The van der Waals surface area contributed by atoms with Crippen molar-refractivity contribution in [3.63, 3.8) is 0 Å². The number of nitrogens with zero attached hydrogens (tertiary/aromatic N) is 3. The number of alkyl halides is 3. The van der Waals surface area contributed by atoms with Crippen molar-refractivity contribution in [3.8, 4) is 0 Å². The van der Waals surface area contributed by atoms with Gasteiger partial charge in [0.05, 0.1) is 17.0 Å². The van der Waals surface area contributed by atoms with E-state index in [9.17, 15) is 21.6 Å². The lowest BCUT2D eigenvalue weighted by molar-refractivity contribution is -0.138. The van der Waals surface area contributed by atoms with Crippen molar-refractivity contribution in [3.05, 3.63) is 46.8 Å². The molecule has 0 atom stereocenters. The van der Waals surface area contributed by atoms with Gasteiger partial charge in [-0.05, 0) is 25.5 Å². The third-order valence-electron chi connectivity index (χ3n) is 3.83. The van der Waals surface area contributed by atoms with Crippen LogP contribution in [0.25, 0.3) is 0 Å². The minimum atomic E-state index is -4.54. The van der Waals surface area contributed by atoms with Crippen molar-refractivity contribution in [1.29, 1.82) is 0 Å². The topological polar surface area (TPSA) is 55.2 Å². The Bertz CT molecular complexity index is 857. The summed E-state index contributed by atoms with van der Waals surface area (Å²) in [6, 6.07) is 4.94. The Morgan fingerprint density at radius 2 is 1.79 bits per heavy atom. The Morgan fingerprint density at radius 3 is 2.29 bits per heavy atom. The fourth-order valence-corrected chi connectivity index (χ4v) is 4.08. The van der Waals surface area contributed by atoms with Gasteiger partial charge in [-0.2, -0.15) is 22.6 Å². The lowest BCUT2D eigenvalue weighted by Gasteiger charge is -2.20. The monoisotopic (exact) mass is 361 g/mol. The molecule has 0 bridgehead atoms. The smallest absolute Gasteiger partial charge is 0.271 e. The minimum absolute atomic E-state index is 0.0250. The molecule has 0 saturated carbocycles. The molecule has 0 spiro atoms. The first-order chi connectivity index (χ1) is 11.0. The molecule has 132 valence electrons. The quantitative estimate of drug-likeness (QED) is 0.841. The predicted molar refractivity (Wildman–Crippen MR) is 82.8 cm³/mol. The SMILES string of the molecule is Cc1nn(C)c(C)c1S(=O)(=O)N(C)Cc1ccccc1C(F)(F)F. The van der Waals surface area contributed by atoms with Gasteiger partial charge in [0, 0.05) is 20.6 Å². The van der Waals surface area contributed by atoms with E-state index in [1.54, 1.807) is 20.9 Å². The van der Waals surface area contributed by atoms with Crippen LogP contribution in [0.15, 0.2) is 29.2 Å². The molecule has 0 fully saturated rings. The predicted octanol–water partition coefficient (Wildman–Crippen LogP) is 2.88. The normalized spacial score (nSPS) is 12.8. The first-order valence-corrected chi connectivity index (χ1v) is 8.52.